The number of nitrogens with zero attached hydrogens (tertiary/aromatic N) is 5. The van der Waals surface area contributed by atoms with Crippen LogP contribution in [0.1, 0.15) is 48.5 Å². The second kappa shape index (κ2) is 19.0. The van der Waals surface area contributed by atoms with Crippen LogP contribution in [0.2, 0.25) is 0 Å². The largest absolute Gasteiger partial charge is 1.00 e. The molecule has 0 bridgehead atoms. The van der Waals surface area contributed by atoms with E-state index in [0.29, 0.717) is 39.3 Å². The maximum atomic E-state index is 12.5. The minimum Gasteiger partial charge on any atom is -0.612 e. The number of alkyl halides is 1. The second-order valence-electron chi connectivity index (χ2n) is 13.7. The molecule has 4 aliphatic rings. The Kier molecular flexibility index (Phi) is 18.8. The molecule has 257 valence electrons. The molecule has 4 saturated heterocycles. The normalized spacial score (nSPS) is 21.0. The Morgan fingerprint density at radius 1 is 0.848 bits per heavy atom. The van der Waals surface area contributed by atoms with Crippen LogP contribution in [0.3, 0.4) is 0 Å². The summed E-state index contributed by atoms with van der Waals surface area (Å²) in [6, 6.07) is -0.104. The van der Waals surface area contributed by atoms with Gasteiger partial charge in [0.05, 0.1) is 22.9 Å². The number of aliphatic carboxylic acids is 2. The minimum atomic E-state index is -1.00. The summed E-state index contributed by atoms with van der Waals surface area (Å²) < 4.78 is 6.10. The number of carbonyl (C=O) groups excluding carboxylic acids is 3. The quantitative estimate of drug-likeness (QED) is 0.178. The van der Waals surface area contributed by atoms with Crippen LogP contribution >= 0.6 is 35.0 Å². The zero-order valence-corrected chi connectivity index (χ0v) is 34.5. The summed E-state index contributed by atoms with van der Waals surface area (Å²) in [4.78, 5) is 67.5. The predicted octanol–water partition coefficient (Wildman–Crippen LogP) is -0.766. The van der Waals surface area contributed by atoms with Crippen LogP contribution < -0.4 is 56.7 Å². The summed E-state index contributed by atoms with van der Waals surface area (Å²) in [5.41, 5.74) is -2.45. The predicted molar refractivity (Wildman–Crippen MR) is 180 cm³/mol. The molecule has 14 nitrogen and oxygen atoms in total. The van der Waals surface area contributed by atoms with Gasteiger partial charge in [0.15, 0.2) is 0 Å². The first-order chi connectivity index (χ1) is 20.2. The third kappa shape index (κ3) is 12.7. The average molecular weight is 810 g/mol. The Morgan fingerprint density at radius 2 is 1.28 bits per heavy atom. The fourth-order valence-corrected chi connectivity index (χ4v) is 5.31. The van der Waals surface area contributed by atoms with E-state index in [0.717, 1.165) is 17.4 Å². The maximum absolute atomic E-state index is 12.5. The van der Waals surface area contributed by atoms with Crippen molar-refractivity contribution in [2.75, 3.05) is 69.8 Å². The Labute approximate surface area is 336 Å². The number of fused-ring (bicyclic) bond motifs is 2. The van der Waals surface area contributed by atoms with E-state index in [1.807, 2.05) is 25.7 Å². The molecule has 0 spiro atoms. The molecule has 0 aromatic heterocycles. The Hall–Kier alpha value is -0.569. The van der Waals surface area contributed by atoms with Gasteiger partial charge in [-0.15, -0.1) is 35.0 Å². The van der Waals surface area contributed by atoms with Crippen LogP contribution in [0.25, 0.3) is 0 Å². The van der Waals surface area contributed by atoms with Crippen molar-refractivity contribution >= 4 is 72.9 Å². The molecule has 4 aliphatic heterocycles. The van der Waals surface area contributed by atoms with Crippen molar-refractivity contribution in [1.29, 1.82) is 0 Å². The molecule has 46 heavy (non-hydrogen) atoms. The van der Waals surface area contributed by atoms with E-state index in [1.165, 1.54) is 0 Å². The molecule has 4 fully saturated rings. The molecule has 0 aromatic carbocycles. The Morgan fingerprint density at radius 3 is 1.70 bits per heavy atom. The fraction of sp³-hybridized carbons (Fsp3) is 0.821. The molecule has 0 saturated carbocycles. The Bertz CT molecular complexity index is 1090. The van der Waals surface area contributed by atoms with E-state index < -0.39 is 28.4 Å². The molecule has 4 heterocycles. The number of carboxylic acids is 2. The van der Waals surface area contributed by atoms with E-state index in [2.05, 4.69) is 27.9 Å². The second-order valence-corrected chi connectivity index (χ2v) is 14.6. The molecular formula is C28H49BClIKN6O8. The maximum Gasteiger partial charge on any atom is 1.00 e. The standard InChI is InChI=1S/C16H27N3O5.C11H19N3O3.CH2BI.ClH.K/c1-15(2,3)24-14(23)17-6-7-19-11(8-17)9-18(13(19)22)10-16(4,5)12(20)21;1-11(2,9(15)16)7-13-6-8-5-12-3-4-14(8)10(13)17;2-1-3;;/h11H,6-10H2,1-5H3,(H,20,21);8,12H,3-7H2,1-2H3,(H,15,16);1H2;1H;/q;;-1;;+1/t11-;8-;;;/m00.../s1. The zero-order valence-electron chi connectivity index (χ0n) is 28.4. The monoisotopic (exact) mass is 809 g/mol. The number of piperazine rings is 2. The first-order valence-electron chi connectivity index (χ1n) is 14.8. The minimum absolute atomic E-state index is 0. The topological polar surface area (TPSA) is 163 Å². The van der Waals surface area contributed by atoms with Crippen molar-refractivity contribution in [3.05, 3.63) is 0 Å². The van der Waals surface area contributed by atoms with Crippen molar-refractivity contribution in [1.82, 2.24) is 29.8 Å². The van der Waals surface area contributed by atoms with Crippen LogP contribution in [0.15, 0.2) is 0 Å². The number of nitrogens with one attached hydrogen (secondary N) is 1. The fourth-order valence-electron chi connectivity index (χ4n) is 5.31. The van der Waals surface area contributed by atoms with Crippen molar-refractivity contribution in [2.24, 2.45) is 10.8 Å². The third-order valence-corrected chi connectivity index (χ3v) is 7.71. The van der Waals surface area contributed by atoms with Gasteiger partial charge in [-0.3, -0.25) is 9.59 Å². The number of halogens is 2. The van der Waals surface area contributed by atoms with E-state index in [1.54, 1.807) is 47.3 Å². The summed E-state index contributed by atoms with van der Waals surface area (Å²) >= 11 is 2.07. The molecule has 18 heteroatoms. The van der Waals surface area contributed by atoms with Crippen LogP contribution in [-0.4, -0.2) is 160 Å². The smallest absolute Gasteiger partial charge is 0.612 e. The number of rotatable bonds is 6. The number of amides is 5. The zero-order chi connectivity index (χ0) is 33.6. The first-order valence-corrected chi connectivity index (χ1v) is 16.3. The van der Waals surface area contributed by atoms with E-state index in [-0.39, 0.29) is 107 Å². The number of carbonyl (C=O) groups is 5. The summed E-state index contributed by atoms with van der Waals surface area (Å²) in [7, 11) is 4.83. The SMILES string of the molecule is CC(C)(C)OC(=O)N1CCN2C(=O)N(CC(C)(C)C(=O)O)C[C@@H]2C1.CC(C)(CN1C[C@@H]2CNCCN2C1=O)C(=O)O.Cl.[B-]CI.[K+]. The number of hydrogen-bond donors (Lipinski definition) is 3. The van der Waals surface area contributed by atoms with Gasteiger partial charge in [-0.1, -0.05) is 0 Å². The van der Waals surface area contributed by atoms with E-state index in [9.17, 15) is 29.1 Å². The van der Waals surface area contributed by atoms with E-state index >= 15 is 0 Å². The van der Waals surface area contributed by atoms with Crippen LogP contribution in [0.5, 0.6) is 0 Å². The van der Waals surface area contributed by atoms with Gasteiger partial charge in [0.2, 0.25) is 0 Å². The van der Waals surface area contributed by atoms with Gasteiger partial charge in [0, 0.05) is 65.4 Å². The van der Waals surface area contributed by atoms with Crippen molar-refractivity contribution in [3.8, 4) is 0 Å². The van der Waals surface area contributed by atoms with Gasteiger partial charge in [-0.25, -0.2) is 18.7 Å². The molecule has 0 unspecified atom stereocenters. The molecule has 0 aromatic rings. The summed E-state index contributed by atoms with van der Waals surface area (Å²) in [6.45, 7) is 17.0. The average Bonchev–Trinajstić information content (AvgIpc) is 3.38. The van der Waals surface area contributed by atoms with Gasteiger partial charge in [-0.2, -0.15) is 0 Å². The Balaban J connectivity index is 0.000000812. The number of urea groups is 2. The van der Waals surface area contributed by atoms with Gasteiger partial charge < -0.3 is 52.6 Å². The van der Waals surface area contributed by atoms with Crippen molar-refractivity contribution in [2.45, 2.75) is 66.2 Å². The molecule has 4 rings (SSSR count). The molecule has 3 N–H and O–H groups in total. The number of hydrogen-bond acceptors (Lipinski definition) is 7. The number of carboxylic acid groups (broad SMARTS) is 2. The number of ether oxygens (including phenoxy) is 1. The van der Waals surface area contributed by atoms with Crippen LogP contribution in [0.4, 0.5) is 14.4 Å². The first kappa shape index (κ1) is 45.4. The molecule has 0 aliphatic carbocycles. The molecule has 5 amide bonds. The molecule has 3 radical (unpaired) electrons. The van der Waals surface area contributed by atoms with Gasteiger partial charge in [-0.05, 0) is 48.5 Å². The van der Waals surface area contributed by atoms with E-state index in [4.69, 9.17) is 17.7 Å². The molecular weight excluding hydrogens is 761 g/mol. The van der Waals surface area contributed by atoms with Crippen molar-refractivity contribution in [3.63, 3.8) is 0 Å². The van der Waals surface area contributed by atoms with Crippen molar-refractivity contribution < 1.29 is 90.3 Å². The van der Waals surface area contributed by atoms with Gasteiger partial charge >= 0.3 is 81.5 Å². The summed E-state index contributed by atoms with van der Waals surface area (Å²) in [6.07, 6.45) is -0.376. The summed E-state index contributed by atoms with van der Waals surface area (Å²) in [5.74, 6) is -1.80. The third-order valence-electron chi connectivity index (χ3n) is 7.71. The van der Waals surface area contributed by atoms with Gasteiger partial charge in [0.1, 0.15) is 5.60 Å². The van der Waals surface area contributed by atoms with Crippen LogP contribution in [0, 0.1) is 10.8 Å². The van der Waals surface area contributed by atoms with Crippen LogP contribution in [-0.2, 0) is 14.3 Å². The summed E-state index contributed by atoms with van der Waals surface area (Å²) in [5, 5.41) is 21.6. The molecule has 2 atom stereocenters. The van der Waals surface area contributed by atoms with Gasteiger partial charge in [0.25, 0.3) is 0 Å².